The van der Waals surface area contributed by atoms with E-state index in [1.807, 2.05) is 18.5 Å². The maximum absolute atomic E-state index is 5.62. The van der Waals surface area contributed by atoms with Crippen molar-refractivity contribution in [1.29, 1.82) is 0 Å². The summed E-state index contributed by atoms with van der Waals surface area (Å²) in [5, 5.41) is 4.98. The van der Waals surface area contributed by atoms with Gasteiger partial charge < -0.3 is 4.74 Å². The molecule has 1 atom stereocenters. The lowest BCUT2D eigenvalue weighted by Crippen LogP contribution is -2.40. The fraction of sp³-hybridized carbons (Fsp3) is 0.435. The van der Waals surface area contributed by atoms with E-state index >= 15 is 0 Å². The summed E-state index contributed by atoms with van der Waals surface area (Å²) >= 11 is 0. The topological polar surface area (TPSA) is 56.1 Å². The molecule has 0 unspecified atom stereocenters. The van der Waals surface area contributed by atoms with Crippen LogP contribution in [-0.4, -0.2) is 51.0 Å². The van der Waals surface area contributed by atoms with Crippen molar-refractivity contribution in [3.63, 3.8) is 0 Å². The second-order valence-electron chi connectivity index (χ2n) is 8.12. The Morgan fingerprint density at radius 1 is 1.07 bits per heavy atom. The smallest absolute Gasteiger partial charge is 0.154 e. The molecule has 6 nitrogen and oxygen atoms in total. The van der Waals surface area contributed by atoms with Crippen LogP contribution in [0.2, 0.25) is 0 Å². The molecule has 0 radical (unpaired) electrons. The van der Waals surface area contributed by atoms with Crippen LogP contribution in [0.25, 0.3) is 5.69 Å². The third-order valence-electron chi connectivity index (χ3n) is 5.98. The lowest BCUT2D eigenvalue weighted by Gasteiger charge is -2.34. The van der Waals surface area contributed by atoms with Crippen molar-refractivity contribution in [3.05, 3.63) is 71.1 Å². The van der Waals surface area contributed by atoms with E-state index in [0.29, 0.717) is 5.92 Å². The van der Waals surface area contributed by atoms with Crippen molar-refractivity contribution >= 4 is 0 Å². The molecule has 29 heavy (non-hydrogen) atoms. The van der Waals surface area contributed by atoms with E-state index in [-0.39, 0.29) is 6.04 Å². The van der Waals surface area contributed by atoms with E-state index in [4.69, 9.17) is 14.8 Å². The fourth-order valence-corrected chi connectivity index (χ4v) is 3.98. The summed E-state index contributed by atoms with van der Waals surface area (Å²) in [5.74, 6) is 2.45. The zero-order chi connectivity index (χ0) is 19.8. The number of hydrogen-bond acceptors (Lipinski definition) is 5. The standard InChI is InChI=1S/C23H27N5O/c1-16-5-8-20(14-17(16)2)28-23(25-22(26-28)18-6-7-18)21(19-4-3-9-24-15-19)27-10-12-29-13-11-27/h3-5,8-9,14-15,18,21H,6-7,10-13H2,1-2H3/t21-/m1/s1. The molecule has 1 aliphatic heterocycles. The maximum atomic E-state index is 5.62. The summed E-state index contributed by atoms with van der Waals surface area (Å²) in [6.45, 7) is 7.52. The van der Waals surface area contributed by atoms with Gasteiger partial charge in [0.1, 0.15) is 0 Å². The average molecular weight is 390 g/mol. The Morgan fingerprint density at radius 2 is 1.90 bits per heavy atom. The summed E-state index contributed by atoms with van der Waals surface area (Å²) in [6.07, 6.45) is 6.15. The molecule has 5 rings (SSSR count). The SMILES string of the molecule is Cc1ccc(-n2nc(C3CC3)nc2[C@@H](c2cccnc2)N2CCOCC2)cc1C. The van der Waals surface area contributed by atoms with Crippen LogP contribution in [0.4, 0.5) is 0 Å². The van der Waals surface area contributed by atoms with Gasteiger partial charge in [0.25, 0.3) is 0 Å². The minimum Gasteiger partial charge on any atom is -0.379 e. The van der Waals surface area contributed by atoms with E-state index in [9.17, 15) is 0 Å². The second-order valence-corrected chi connectivity index (χ2v) is 8.12. The maximum Gasteiger partial charge on any atom is 0.154 e. The molecule has 1 aromatic carbocycles. The molecule has 1 saturated carbocycles. The van der Waals surface area contributed by atoms with Crippen LogP contribution in [0.1, 0.15) is 53.1 Å². The van der Waals surface area contributed by atoms with Crippen LogP contribution >= 0.6 is 0 Å². The van der Waals surface area contributed by atoms with E-state index in [2.05, 4.69) is 52.7 Å². The first-order valence-electron chi connectivity index (χ1n) is 10.5. The van der Waals surface area contributed by atoms with Gasteiger partial charge in [-0.25, -0.2) is 9.67 Å². The molecule has 0 spiro atoms. The zero-order valence-electron chi connectivity index (χ0n) is 17.1. The number of aromatic nitrogens is 4. The number of hydrogen-bond donors (Lipinski definition) is 0. The molecule has 3 aromatic rings. The number of nitrogens with zero attached hydrogens (tertiary/aromatic N) is 5. The van der Waals surface area contributed by atoms with Gasteiger partial charge in [-0.3, -0.25) is 9.88 Å². The summed E-state index contributed by atoms with van der Waals surface area (Å²) in [5.41, 5.74) is 4.77. The first-order chi connectivity index (χ1) is 14.2. The van der Waals surface area contributed by atoms with E-state index in [1.54, 1.807) is 0 Å². The van der Waals surface area contributed by atoms with Gasteiger partial charge in [-0.2, -0.15) is 5.10 Å². The molecule has 1 saturated heterocycles. The summed E-state index contributed by atoms with van der Waals surface area (Å²) in [4.78, 5) is 11.9. The summed E-state index contributed by atoms with van der Waals surface area (Å²) in [7, 11) is 0. The second kappa shape index (κ2) is 7.69. The number of ether oxygens (including phenoxy) is 1. The Labute approximate surface area is 171 Å². The summed E-state index contributed by atoms with van der Waals surface area (Å²) in [6, 6.07) is 10.7. The van der Waals surface area contributed by atoms with E-state index in [1.165, 1.54) is 24.0 Å². The first kappa shape index (κ1) is 18.5. The molecule has 2 aromatic heterocycles. The predicted molar refractivity (Wildman–Crippen MR) is 111 cm³/mol. The number of aryl methyl sites for hydroxylation is 2. The van der Waals surface area contributed by atoms with Gasteiger partial charge in [0, 0.05) is 31.4 Å². The largest absolute Gasteiger partial charge is 0.379 e. The zero-order valence-corrected chi connectivity index (χ0v) is 17.1. The van der Waals surface area contributed by atoms with Gasteiger partial charge in [0.05, 0.1) is 24.9 Å². The number of benzene rings is 1. The van der Waals surface area contributed by atoms with Crippen LogP contribution in [0.5, 0.6) is 0 Å². The molecular formula is C23H27N5O. The monoisotopic (exact) mass is 389 g/mol. The van der Waals surface area contributed by atoms with Crippen LogP contribution in [0.15, 0.2) is 42.7 Å². The highest BCUT2D eigenvalue weighted by Gasteiger charge is 2.34. The van der Waals surface area contributed by atoms with E-state index < -0.39 is 0 Å². The van der Waals surface area contributed by atoms with Crippen molar-refractivity contribution in [2.75, 3.05) is 26.3 Å². The number of morpholine rings is 1. The minimum atomic E-state index is 0.00853. The van der Waals surface area contributed by atoms with Gasteiger partial charge in [-0.05, 0) is 61.6 Å². The lowest BCUT2D eigenvalue weighted by molar-refractivity contribution is 0.0220. The fourth-order valence-electron chi connectivity index (χ4n) is 3.98. The van der Waals surface area contributed by atoms with Gasteiger partial charge in [0.2, 0.25) is 0 Å². The van der Waals surface area contributed by atoms with Gasteiger partial charge in [0.15, 0.2) is 11.6 Å². The van der Waals surface area contributed by atoms with Crippen molar-refractivity contribution in [2.45, 2.75) is 38.6 Å². The van der Waals surface area contributed by atoms with Crippen molar-refractivity contribution in [1.82, 2.24) is 24.6 Å². The van der Waals surface area contributed by atoms with Crippen LogP contribution in [0.3, 0.4) is 0 Å². The quantitative estimate of drug-likeness (QED) is 0.668. The average Bonchev–Trinajstić information content (AvgIpc) is 3.52. The van der Waals surface area contributed by atoms with Crippen LogP contribution < -0.4 is 0 Å². The Hall–Kier alpha value is -2.57. The molecule has 0 amide bonds. The minimum absolute atomic E-state index is 0.00853. The Kier molecular flexibility index (Phi) is 4.89. The molecule has 3 heterocycles. The molecule has 6 heteroatoms. The molecule has 2 fully saturated rings. The molecule has 0 bridgehead atoms. The van der Waals surface area contributed by atoms with Crippen LogP contribution in [-0.2, 0) is 4.74 Å². The lowest BCUT2D eigenvalue weighted by atomic mass is 10.1. The molecule has 1 aliphatic carbocycles. The number of rotatable bonds is 5. The first-order valence-corrected chi connectivity index (χ1v) is 10.5. The molecule has 0 N–H and O–H groups in total. The van der Waals surface area contributed by atoms with Crippen molar-refractivity contribution in [2.24, 2.45) is 0 Å². The molecular weight excluding hydrogens is 362 g/mol. The van der Waals surface area contributed by atoms with Gasteiger partial charge >= 0.3 is 0 Å². The number of pyridine rings is 1. The highest BCUT2D eigenvalue weighted by molar-refractivity contribution is 5.41. The Bertz CT molecular complexity index is 990. The highest BCUT2D eigenvalue weighted by Crippen LogP contribution is 2.40. The molecule has 150 valence electrons. The highest BCUT2D eigenvalue weighted by atomic mass is 16.5. The predicted octanol–water partition coefficient (Wildman–Crippen LogP) is 3.58. The Morgan fingerprint density at radius 3 is 2.59 bits per heavy atom. The Balaban J connectivity index is 1.65. The summed E-state index contributed by atoms with van der Waals surface area (Å²) < 4.78 is 7.68. The van der Waals surface area contributed by atoms with Crippen molar-refractivity contribution < 1.29 is 4.74 Å². The van der Waals surface area contributed by atoms with Gasteiger partial charge in [-0.1, -0.05) is 12.1 Å². The third-order valence-corrected chi connectivity index (χ3v) is 5.98. The normalized spacial score (nSPS) is 18.7. The third kappa shape index (κ3) is 3.70. The van der Waals surface area contributed by atoms with Crippen molar-refractivity contribution in [3.8, 4) is 5.69 Å². The van der Waals surface area contributed by atoms with Gasteiger partial charge in [-0.15, -0.1) is 0 Å². The molecule has 2 aliphatic rings. The van der Waals surface area contributed by atoms with E-state index in [0.717, 1.165) is 49.2 Å². The van der Waals surface area contributed by atoms with Crippen LogP contribution in [0, 0.1) is 13.8 Å².